The van der Waals surface area contributed by atoms with E-state index in [4.69, 9.17) is 11.6 Å². The Morgan fingerprint density at radius 1 is 0.810 bits per heavy atom. The van der Waals surface area contributed by atoms with Crippen molar-refractivity contribution in [1.82, 2.24) is 9.62 Å². The molecular weight excluding hydrogens is 278 g/mol. The molecule has 21 heavy (non-hydrogen) atoms. The predicted octanol–water partition coefficient (Wildman–Crippen LogP) is 4.27. The van der Waals surface area contributed by atoms with Gasteiger partial charge in [-0.3, -0.25) is 0 Å². The van der Waals surface area contributed by atoms with Crippen LogP contribution < -0.4 is 0 Å². The molecule has 0 spiro atoms. The van der Waals surface area contributed by atoms with E-state index in [1.165, 1.54) is 0 Å². The van der Waals surface area contributed by atoms with Gasteiger partial charge in [0, 0.05) is 12.3 Å². The van der Waals surface area contributed by atoms with Crippen molar-refractivity contribution in [2.24, 2.45) is 0 Å². The normalized spacial score (nSPS) is 12.0. The summed E-state index contributed by atoms with van der Waals surface area (Å²) in [6.07, 6.45) is 1.85. The molecule has 0 amide bonds. The highest BCUT2D eigenvalue weighted by atomic mass is 35.5. The lowest BCUT2D eigenvalue weighted by molar-refractivity contribution is 0.229. The van der Waals surface area contributed by atoms with Gasteiger partial charge < -0.3 is 9.62 Å². The highest BCUT2D eigenvalue weighted by Crippen LogP contribution is 2.16. The molecule has 0 radical (unpaired) electrons. The van der Waals surface area contributed by atoms with Gasteiger partial charge in [0.05, 0.1) is 0 Å². The minimum absolute atomic E-state index is 0.167. The lowest BCUT2D eigenvalue weighted by atomic mass is 9.68. The summed E-state index contributed by atoms with van der Waals surface area (Å²) >= 11 is 5.76. The Hall–Kier alpha value is -0.165. The van der Waals surface area contributed by atoms with Gasteiger partial charge in [0.2, 0.25) is 0 Å². The minimum atomic E-state index is 0.167. The molecule has 0 atom stereocenters. The van der Waals surface area contributed by atoms with Crippen LogP contribution in [0.15, 0.2) is 0 Å². The lowest BCUT2D eigenvalue weighted by Crippen LogP contribution is -2.61. The van der Waals surface area contributed by atoms with Crippen molar-refractivity contribution in [2.45, 2.75) is 92.4 Å². The zero-order valence-corrected chi connectivity index (χ0v) is 16.0. The highest BCUT2D eigenvalue weighted by molar-refractivity contribution is 6.62. The van der Waals surface area contributed by atoms with E-state index in [0.29, 0.717) is 30.0 Å². The van der Waals surface area contributed by atoms with Gasteiger partial charge in [-0.1, -0.05) is 55.4 Å². The molecule has 0 saturated carbocycles. The number of nitrogens with zero attached hydrogens (tertiary/aromatic N) is 2. The Morgan fingerprint density at radius 2 is 1.19 bits per heavy atom. The molecule has 0 fully saturated rings. The molecule has 0 heterocycles. The molecule has 0 aliphatic rings. The third-order valence-electron chi connectivity index (χ3n) is 3.62. The van der Waals surface area contributed by atoms with Crippen molar-refractivity contribution in [3.63, 3.8) is 0 Å². The Labute approximate surface area is 138 Å². The zero-order chi connectivity index (χ0) is 16.6. The van der Waals surface area contributed by atoms with E-state index in [2.05, 4.69) is 76.8 Å². The SMILES string of the molecule is CC(C)N(B(C#CCCCCl)N(C(C)C)C(C)C)C(C)C. The third kappa shape index (κ3) is 7.09. The van der Waals surface area contributed by atoms with E-state index in [1.807, 2.05) is 0 Å². The summed E-state index contributed by atoms with van der Waals surface area (Å²) in [6.45, 7) is 18.2. The van der Waals surface area contributed by atoms with Crippen molar-refractivity contribution < 1.29 is 0 Å². The van der Waals surface area contributed by atoms with Crippen LogP contribution in [0.4, 0.5) is 0 Å². The Kier molecular flexibility index (Phi) is 10.5. The summed E-state index contributed by atoms with van der Waals surface area (Å²) in [4.78, 5) is 5.02. The standard InChI is InChI=1S/C17H34BClN2/c1-14(2)20(15(3)4)18(12-10-9-11-13-19)21(16(5)6)17(7)8/h14-17H,9,11,13H2,1-8H3. The summed E-state index contributed by atoms with van der Waals surface area (Å²) in [5.41, 5.74) is 0. The van der Waals surface area contributed by atoms with Crippen LogP contribution >= 0.6 is 11.6 Å². The van der Waals surface area contributed by atoms with Crippen LogP contribution in [0.5, 0.6) is 0 Å². The fourth-order valence-electron chi connectivity index (χ4n) is 2.94. The Morgan fingerprint density at radius 3 is 1.48 bits per heavy atom. The number of alkyl halides is 1. The second-order valence-electron chi connectivity index (χ2n) is 6.76. The Balaban J connectivity index is 5.45. The van der Waals surface area contributed by atoms with E-state index in [-0.39, 0.29) is 6.98 Å². The second kappa shape index (κ2) is 10.5. The molecule has 0 aliphatic heterocycles. The maximum Gasteiger partial charge on any atom is 0.400 e. The smallest absolute Gasteiger partial charge is 0.313 e. The van der Waals surface area contributed by atoms with Crippen LogP contribution in [0.3, 0.4) is 0 Å². The van der Waals surface area contributed by atoms with Gasteiger partial charge in [0.1, 0.15) is 0 Å². The van der Waals surface area contributed by atoms with Crippen molar-refractivity contribution >= 4 is 18.6 Å². The summed E-state index contributed by atoms with van der Waals surface area (Å²) < 4.78 is 0. The van der Waals surface area contributed by atoms with E-state index in [0.717, 1.165) is 12.8 Å². The van der Waals surface area contributed by atoms with Gasteiger partial charge in [-0.25, -0.2) is 0 Å². The van der Waals surface area contributed by atoms with E-state index >= 15 is 0 Å². The van der Waals surface area contributed by atoms with Crippen molar-refractivity contribution in [2.75, 3.05) is 5.88 Å². The van der Waals surface area contributed by atoms with Gasteiger partial charge in [-0.2, -0.15) is 0 Å². The molecular formula is C17H34BClN2. The first kappa shape index (κ1) is 20.8. The quantitative estimate of drug-likeness (QED) is 0.286. The number of rotatable bonds is 8. The van der Waals surface area contributed by atoms with Crippen molar-refractivity contribution in [3.05, 3.63) is 0 Å². The average Bonchev–Trinajstić information content (AvgIpc) is 2.32. The average molecular weight is 313 g/mol. The first-order chi connectivity index (χ1) is 9.73. The molecule has 0 rings (SSSR count). The molecule has 0 aromatic rings. The lowest BCUT2D eigenvalue weighted by Gasteiger charge is -2.43. The van der Waals surface area contributed by atoms with E-state index < -0.39 is 0 Å². The first-order valence-corrected chi connectivity index (χ1v) is 8.86. The van der Waals surface area contributed by atoms with Gasteiger partial charge in [0.25, 0.3) is 0 Å². The third-order valence-corrected chi connectivity index (χ3v) is 3.88. The maximum atomic E-state index is 5.76. The molecule has 0 saturated heterocycles. The fourth-order valence-corrected chi connectivity index (χ4v) is 3.08. The minimum Gasteiger partial charge on any atom is -0.313 e. The van der Waals surface area contributed by atoms with Gasteiger partial charge in [-0.15, -0.1) is 23.3 Å². The first-order valence-electron chi connectivity index (χ1n) is 8.33. The van der Waals surface area contributed by atoms with E-state index in [9.17, 15) is 0 Å². The Bertz CT molecular complexity index is 295. The molecule has 0 N–H and O–H groups in total. The van der Waals surface area contributed by atoms with Crippen molar-refractivity contribution in [1.29, 1.82) is 0 Å². The maximum absolute atomic E-state index is 5.76. The number of halogens is 1. The second-order valence-corrected chi connectivity index (χ2v) is 7.13. The molecule has 0 unspecified atom stereocenters. The summed E-state index contributed by atoms with van der Waals surface area (Å²) in [7, 11) is 0. The fraction of sp³-hybridized carbons (Fsp3) is 0.882. The summed E-state index contributed by atoms with van der Waals surface area (Å²) in [5, 5.41) is 0. The van der Waals surface area contributed by atoms with Crippen LogP contribution in [-0.2, 0) is 0 Å². The molecule has 0 aromatic carbocycles. The van der Waals surface area contributed by atoms with Crippen molar-refractivity contribution in [3.8, 4) is 11.7 Å². The zero-order valence-electron chi connectivity index (χ0n) is 15.3. The van der Waals surface area contributed by atoms with Crippen LogP contribution in [0.1, 0.15) is 68.2 Å². The molecule has 2 nitrogen and oxygen atoms in total. The molecule has 0 aromatic heterocycles. The number of hydrogen-bond donors (Lipinski definition) is 0. The largest absolute Gasteiger partial charge is 0.400 e. The van der Waals surface area contributed by atoms with Gasteiger partial charge in [0.15, 0.2) is 0 Å². The van der Waals surface area contributed by atoms with Crippen LogP contribution in [-0.4, -0.2) is 46.7 Å². The number of hydrogen-bond acceptors (Lipinski definition) is 2. The van der Waals surface area contributed by atoms with Crippen LogP contribution in [0.2, 0.25) is 0 Å². The summed E-state index contributed by atoms with van der Waals surface area (Å²) in [6, 6.07) is 1.88. The van der Waals surface area contributed by atoms with Gasteiger partial charge >= 0.3 is 6.98 Å². The van der Waals surface area contributed by atoms with Crippen LogP contribution in [0, 0.1) is 11.7 Å². The van der Waals surface area contributed by atoms with E-state index in [1.54, 1.807) is 0 Å². The molecule has 0 bridgehead atoms. The monoisotopic (exact) mass is 312 g/mol. The van der Waals surface area contributed by atoms with Gasteiger partial charge in [-0.05, 0) is 30.6 Å². The predicted molar refractivity (Wildman–Crippen MR) is 97.7 cm³/mol. The molecule has 4 heteroatoms. The molecule has 0 aliphatic carbocycles. The van der Waals surface area contributed by atoms with Crippen LogP contribution in [0.25, 0.3) is 0 Å². The molecule has 122 valence electrons. The summed E-state index contributed by atoms with van der Waals surface area (Å²) in [5.74, 6) is 7.56. The topological polar surface area (TPSA) is 6.48 Å². The highest BCUT2D eigenvalue weighted by Gasteiger charge is 2.35. The number of unbranched alkanes of at least 4 members (excludes halogenated alkanes) is 1.